The van der Waals surface area contributed by atoms with Crippen LogP contribution in [-0.4, -0.2) is 10.1 Å². The number of hydrogen-bond acceptors (Lipinski definition) is 3. The molecule has 5 heteroatoms. The molecule has 2 rings (SSSR count). The Morgan fingerprint density at radius 1 is 1.22 bits per heavy atom. The molecule has 0 saturated carbocycles. The molecule has 1 N–H and O–H groups in total. The molecule has 1 heterocycles. The smallest absolute Gasteiger partial charge is 0.140 e. The lowest BCUT2D eigenvalue weighted by Gasteiger charge is -2.06. The Morgan fingerprint density at radius 2 is 2.00 bits per heavy atom. The molecule has 1 aromatic heterocycles. The number of rotatable bonds is 3. The lowest BCUT2D eigenvalue weighted by atomic mass is 10.2. The molecule has 0 aliphatic carbocycles. The zero-order chi connectivity index (χ0) is 13.1. The first-order valence-electron chi connectivity index (χ1n) is 5.33. The van der Waals surface area contributed by atoms with Crippen LogP contribution in [0.15, 0.2) is 46.3 Å². The second-order valence-electron chi connectivity index (χ2n) is 3.77. The minimum atomic E-state index is -0.633. The van der Waals surface area contributed by atoms with Gasteiger partial charge in [-0.05, 0) is 31.2 Å². The van der Waals surface area contributed by atoms with Crippen molar-refractivity contribution in [2.45, 2.75) is 22.8 Å². The van der Waals surface area contributed by atoms with Crippen LogP contribution in [0.5, 0.6) is 0 Å². The van der Waals surface area contributed by atoms with E-state index >= 15 is 0 Å². The van der Waals surface area contributed by atoms with Crippen LogP contribution < -0.4 is 0 Å². The fourth-order valence-corrected chi connectivity index (χ4v) is 2.17. The molecule has 18 heavy (non-hydrogen) atoms. The van der Waals surface area contributed by atoms with E-state index in [1.807, 2.05) is 0 Å². The third kappa shape index (κ3) is 3.05. The molecule has 1 atom stereocenters. The molecule has 1 aromatic carbocycles. The summed E-state index contributed by atoms with van der Waals surface area (Å²) < 4.78 is 26.2. The van der Waals surface area contributed by atoms with Crippen molar-refractivity contribution in [3.8, 4) is 0 Å². The lowest BCUT2D eigenvalue weighted by Crippen LogP contribution is -1.94. The molecule has 2 aromatic rings. The van der Waals surface area contributed by atoms with Crippen LogP contribution >= 0.6 is 11.8 Å². The standard InChI is InChI=1S/C13H11F2NOS/c1-8(17)12-4-3-10(7-16-12)18-13-5-2-9(14)6-11(13)15/h2-8,17H,1H3/t8-/m1/s1. The van der Waals surface area contributed by atoms with Gasteiger partial charge in [0.25, 0.3) is 0 Å². The van der Waals surface area contributed by atoms with Crippen molar-refractivity contribution in [1.82, 2.24) is 4.98 Å². The topological polar surface area (TPSA) is 33.1 Å². The Bertz CT molecular complexity index is 543. The molecule has 0 radical (unpaired) electrons. The number of aromatic nitrogens is 1. The molecule has 94 valence electrons. The normalized spacial score (nSPS) is 12.4. The molecule has 0 amide bonds. The predicted octanol–water partition coefficient (Wildman–Crippen LogP) is 3.56. The molecule has 0 spiro atoms. The van der Waals surface area contributed by atoms with Gasteiger partial charge in [0, 0.05) is 22.1 Å². The quantitative estimate of drug-likeness (QED) is 0.923. The van der Waals surface area contributed by atoms with E-state index in [4.69, 9.17) is 0 Å². The van der Waals surface area contributed by atoms with E-state index < -0.39 is 17.7 Å². The van der Waals surface area contributed by atoms with Crippen LogP contribution in [-0.2, 0) is 0 Å². The predicted molar refractivity (Wildman–Crippen MR) is 65.4 cm³/mol. The largest absolute Gasteiger partial charge is 0.387 e. The Kier molecular flexibility index (Phi) is 3.93. The van der Waals surface area contributed by atoms with Crippen LogP contribution in [0, 0.1) is 11.6 Å². The van der Waals surface area contributed by atoms with Gasteiger partial charge in [-0.3, -0.25) is 4.98 Å². The number of aliphatic hydroxyl groups excluding tert-OH is 1. The average Bonchev–Trinajstić information content (AvgIpc) is 2.33. The Morgan fingerprint density at radius 3 is 2.56 bits per heavy atom. The summed E-state index contributed by atoms with van der Waals surface area (Å²) in [6.07, 6.45) is 0.918. The number of pyridine rings is 1. The third-order valence-electron chi connectivity index (χ3n) is 2.31. The second kappa shape index (κ2) is 5.46. The molecular weight excluding hydrogens is 256 g/mol. The maximum atomic E-state index is 13.4. The van der Waals surface area contributed by atoms with E-state index in [1.54, 1.807) is 25.3 Å². The zero-order valence-corrected chi connectivity index (χ0v) is 10.4. The molecule has 0 aliphatic rings. The Labute approximate surface area is 108 Å². The van der Waals surface area contributed by atoms with Gasteiger partial charge in [-0.25, -0.2) is 8.78 Å². The lowest BCUT2D eigenvalue weighted by molar-refractivity contribution is 0.194. The fourth-order valence-electron chi connectivity index (χ4n) is 1.38. The number of nitrogens with zero attached hydrogens (tertiary/aromatic N) is 1. The van der Waals surface area contributed by atoms with Gasteiger partial charge in [0.15, 0.2) is 0 Å². The van der Waals surface area contributed by atoms with Gasteiger partial charge in [0.1, 0.15) is 11.6 Å². The van der Waals surface area contributed by atoms with Crippen LogP contribution in [0.25, 0.3) is 0 Å². The van der Waals surface area contributed by atoms with Crippen LogP contribution in [0.1, 0.15) is 18.7 Å². The summed E-state index contributed by atoms with van der Waals surface area (Å²) in [5.74, 6) is -1.20. The second-order valence-corrected chi connectivity index (χ2v) is 4.89. The summed E-state index contributed by atoms with van der Waals surface area (Å²) in [7, 11) is 0. The van der Waals surface area contributed by atoms with E-state index in [1.165, 1.54) is 12.1 Å². The molecular formula is C13H11F2NOS. The Hall–Kier alpha value is -1.46. The summed E-state index contributed by atoms with van der Waals surface area (Å²) in [4.78, 5) is 5.12. The van der Waals surface area contributed by atoms with Gasteiger partial charge in [-0.15, -0.1) is 0 Å². The summed E-state index contributed by atoms with van der Waals surface area (Å²) in [6, 6.07) is 6.86. The minimum Gasteiger partial charge on any atom is -0.387 e. The summed E-state index contributed by atoms with van der Waals surface area (Å²) >= 11 is 1.16. The Balaban J connectivity index is 2.18. The van der Waals surface area contributed by atoms with Crippen molar-refractivity contribution in [2.24, 2.45) is 0 Å². The van der Waals surface area contributed by atoms with Gasteiger partial charge >= 0.3 is 0 Å². The van der Waals surface area contributed by atoms with Gasteiger partial charge < -0.3 is 5.11 Å². The summed E-state index contributed by atoms with van der Waals surface area (Å²) in [5, 5.41) is 9.31. The van der Waals surface area contributed by atoms with Crippen molar-refractivity contribution in [1.29, 1.82) is 0 Å². The zero-order valence-electron chi connectivity index (χ0n) is 9.60. The summed E-state index contributed by atoms with van der Waals surface area (Å²) in [5.41, 5.74) is 0.555. The van der Waals surface area contributed by atoms with Crippen molar-refractivity contribution >= 4 is 11.8 Å². The number of halogens is 2. The molecule has 0 fully saturated rings. The van der Waals surface area contributed by atoms with E-state index in [2.05, 4.69) is 4.98 Å². The van der Waals surface area contributed by atoms with Crippen molar-refractivity contribution in [2.75, 3.05) is 0 Å². The first-order valence-corrected chi connectivity index (χ1v) is 6.15. The maximum Gasteiger partial charge on any atom is 0.140 e. The minimum absolute atomic E-state index is 0.336. The van der Waals surface area contributed by atoms with Gasteiger partial charge in [0.2, 0.25) is 0 Å². The first kappa shape index (κ1) is 13.0. The van der Waals surface area contributed by atoms with Gasteiger partial charge in [-0.2, -0.15) is 0 Å². The average molecular weight is 267 g/mol. The van der Waals surface area contributed by atoms with E-state index in [0.29, 0.717) is 10.6 Å². The number of benzene rings is 1. The molecule has 2 nitrogen and oxygen atoms in total. The van der Waals surface area contributed by atoms with Gasteiger partial charge in [0.05, 0.1) is 11.8 Å². The number of hydrogen-bond donors (Lipinski definition) is 1. The van der Waals surface area contributed by atoms with Crippen molar-refractivity contribution < 1.29 is 13.9 Å². The van der Waals surface area contributed by atoms with Crippen LogP contribution in [0.4, 0.5) is 8.78 Å². The highest BCUT2D eigenvalue weighted by Crippen LogP contribution is 2.30. The molecule has 0 bridgehead atoms. The van der Waals surface area contributed by atoms with Crippen LogP contribution in [0.3, 0.4) is 0 Å². The SMILES string of the molecule is C[C@@H](O)c1ccc(Sc2ccc(F)cc2F)cn1. The van der Waals surface area contributed by atoms with E-state index in [-0.39, 0.29) is 0 Å². The van der Waals surface area contributed by atoms with E-state index in [9.17, 15) is 13.9 Å². The van der Waals surface area contributed by atoms with E-state index in [0.717, 1.165) is 22.7 Å². The molecule has 0 aliphatic heterocycles. The maximum absolute atomic E-state index is 13.4. The highest BCUT2D eigenvalue weighted by atomic mass is 32.2. The molecule has 0 unspecified atom stereocenters. The molecule has 0 saturated heterocycles. The fraction of sp³-hybridized carbons (Fsp3) is 0.154. The highest BCUT2D eigenvalue weighted by Gasteiger charge is 2.07. The van der Waals surface area contributed by atoms with Gasteiger partial charge in [-0.1, -0.05) is 11.8 Å². The van der Waals surface area contributed by atoms with Crippen LogP contribution in [0.2, 0.25) is 0 Å². The van der Waals surface area contributed by atoms with Crippen molar-refractivity contribution in [3.05, 3.63) is 53.9 Å². The first-order chi connectivity index (χ1) is 8.56. The summed E-state index contributed by atoms with van der Waals surface area (Å²) in [6.45, 7) is 1.62. The third-order valence-corrected chi connectivity index (χ3v) is 3.34. The monoisotopic (exact) mass is 267 g/mol. The highest BCUT2D eigenvalue weighted by molar-refractivity contribution is 7.99. The van der Waals surface area contributed by atoms with Crippen molar-refractivity contribution in [3.63, 3.8) is 0 Å². The number of aliphatic hydroxyl groups is 1.